The Morgan fingerprint density at radius 3 is 2.89 bits per heavy atom. The number of halogens is 1. The molecule has 1 amide bonds. The summed E-state index contributed by atoms with van der Waals surface area (Å²) in [5, 5.41) is 0.210. The quantitative estimate of drug-likeness (QED) is 0.477. The number of carbonyl (C=O) groups is 1. The van der Waals surface area contributed by atoms with Gasteiger partial charge in [0.1, 0.15) is 11.0 Å². The van der Waals surface area contributed by atoms with Crippen molar-refractivity contribution >= 4 is 23.3 Å². The molecular formula is C11H17ClN4O2. The molecule has 0 spiro atoms. The normalized spacial score (nSPS) is 12.1. The van der Waals surface area contributed by atoms with Crippen LogP contribution in [-0.4, -0.2) is 42.6 Å². The number of ether oxygens (including phenoxy) is 1. The summed E-state index contributed by atoms with van der Waals surface area (Å²) in [6, 6.07) is 3.01. The van der Waals surface area contributed by atoms with Gasteiger partial charge >= 0.3 is 0 Å². The van der Waals surface area contributed by atoms with E-state index in [2.05, 4.69) is 10.4 Å². The van der Waals surface area contributed by atoms with Gasteiger partial charge in [0.2, 0.25) is 0 Å². The highest BCUT2D eigenvalue weighted by Crippen LogP contribution is 2.16. The Morgan fingerprint density at radius 1 is 1.67 bits per heavy atom. The molecule has 1 aromatic rings. The van der Waals surface area contributed by atoms with Gasteiger partial charge in [-0.1, -0.05) is 11.6 Å². The Morgan fingerprint density at radius 2 is 2.33 bits per heavy atom. The average Bonchev–Trinajstić information content (AvgIpc) is 2.36. The number of anilines is 1. The Balaban J connectivity index is 2.92. The summed E-state index contributed by atoms with van der Waals surface area (Å²) in [5.41, 5.74) is 2.79. The Bertz CT molecular complexity index is 428. The van der Waals surface area contributed by atoms with Gasteiger partial charge in [-0.2, -0.15) is 0 Å². The lowest BCUT2D eigenvalue weighted by Gasteiger charge is -2.24. The van der Waals surface area contributed by atoms with Gasteiger partial charge in [-0.05, 0) is 19.1 Å². The van der Waals surface area contributed by atoms with Crippen LogP contribution in [0.15, 0.2) is 12.1 Å². The van der Waals surface area contributed by atoms with Crippen LogP contribution in [0.2, 0.25) is 5.15 Å². The largest absolute Gasteiger partial charge is 0.383 e. The van der Waals surface area contributed by atoms with E-state index in [4.69, 9.17) is 22.2 Å². The van der Waals surface area contributed by atoms with Gasteiger partial charge in [-0.15, -0.1) is 0 Å². The number of hydrogen-bond acceptors (Lipinski definition) is 5. The molecule has 3 N–H and O–H groups in total. The van der Waals surface area contributed by atoms with Crippen molar-refractivity contribution in [1.82, 2.24) is 9.88 Å². The van der Waals surface area contributed by atoms with E-state index in [1.807, 2.05) is 6.92 Å². The van der Waals surface area contributed by atoms with Gasteiger partial charge in [0.25, 0.3) is 5.91 Å². The number of amides is 1. The number of methoxy groups -OCH3 is 1. The van der Waals surface area contributed by atoms with E-state index in [-0.39, 0.29) is 17.1 Å². The lowest BCUT2D eigenvalue weighted by atomic mass is 10.2. The Hall–Kier alpha value is -1.37. The molecule has 100 valence electrons. The molecule has 0 aromatic carbocycles. The van der Waals surface area contributed by atoms with Gasteiger partial charge in [-0.25, -0.2) is 10.8 Å². The fourth-order valence-corrected chi connectivity index (χ4v) is 1.66. The monoisotopic (exact) mass is 272 g/mol. The summed E-state index contributed by atoms with van der Waals surface area (Å²) in [5.74, 6) is 5.43. The molecule has 1 aromatic heterocycles. The molecule has 0 aliphatic carbocycles. The lowest BCUT2D eigenvalue weighted by molar-refractivity contribution is 0.0633. The van der Waals surface area contributed by atoms with E-state index in [9.17, 15) is 4.79 Å². The number of hydrazine groups is 1. The third kappa shape index (κ3) is 3.56. The number of nitrogens with two attached hydrogens (primary N) is 1. The van der Waals surface area contributed by atoms with Crippen molar-refractivity contribution in [2.24, 2.45) is 5.84 Å². The minimum Gasteiger partial charge on any atom is -0.383 e. The van der Waals surface area contributed by atoms with Crippen molar-refractivity contribution in [1.29, 1.82) is 0 Å². The fourth-order valence-electron chi connectivity index (χ4n) is 1.45. The maximum atomic E-state index is 12.2. The molecule has 0 saturated carbocycles. The standard InChI is InChI=1S/C11H17ClN4O2/c1-7(6-18-3)16(2)11(17)8-4-9(12)14-10(5-8)15-13/h4-5,7H,6,13H2,1-3H3,(H,14,15). The molecule has 7 heteroatoms. The van der Waals surface area contributed by atoms with Crippen LogP contribution in [0, 0.1) is 0 Å². The molecule has 0 radical (unpaired) electrons. The molecule has 0 bridgehead atoms. The third-order valence-corrected chi connectivity index (χ3v) is 2.77. The van der Waals surface area contributed by atoms with E-state index >= 15 is 0 Å². The van der Waals surface area contributed by atoms with Gasteiger partial charge < -0.3 is 15.1 Å². The minimum atomic E-state index is -0.166. The third-order valence-electron chi connectivity index (χ3n) is 2.58. The van der Waals surface area contributed by atoms with Crippen LogP contribution in [-0.2, 0) is 4.74 Å². The van der Waals surface area contributed by atoms with Crippen molar-refractivity contribution in [2.75, 3.05) is 26.2 Å². The maximum Gasteiger partial charge on any atom is 0.254 e. The van der Waals surface area contributed by atoms with Gasteiger partial charge in [0.15, 0.2) is 0 Å². The fraction of sp³-hybridized carbons (Fsp3) is 0.455. The number of nitrogens with zero attached hydrogens (tertiary/aromatic N) is 2. The van der Waals surface area contributed by atoms with Crippen molar-refractivity contribution in [3.05, 3.63) is 22.8 Å². The zero-order chi connectivity index (χ0) is 13.7. The average molecular weight is 273 g/mol. The van der Waals surface area contributed by atoms with E-state index in [0.29, 0.717) is 18.0 Å². The second-order valence-corrected chi connectivity index (χ2v) is 4.32. The predicted octanol–water partition coefficient (Wildman–Crippen LogP) is 1.13. The molecule has 1 heterocycles. The minimum absolute atomic E-state index is 0.0382. The number of carbonyl (C=O) groups excluding carboxylic acids is 1. The topological polar surface area (TPSA) is 80.5 Å². The van der Waals surface area contributed by atoms with Crippen LogP contribution in [0.1, 0.15) is 17.3 Å². The first-order valence-electron chi connectivity index (χ1n) is 5.40. The molecule has 0 aliphatic heterocycles. The smallest absolute Gasteiger partial charge is 0.254 e. The van der Waals surface area contributed by atoms with E-state index in [1.165, 1.54) is 6.07 Å². The number of rotatable bonds is 5. The van der Waals surface area contributed by atoms with Gasteiger partial charge in [0, 0.05) is 19.7 Å². The maximum absolute atomic E-state index is 12.2. The summed E-state index contributed by atoms with van der Waals surface area (Å²) in [6.45, 7) is 2.36. The summed E-state index contributed by atoms with van der Waals surface area (Å²) in [6.07, 6.45) is 0. The van der Waals surface area contributed by atoms with Crippen LogP contribution in [0.5, 0.6) is 0 Å². The van der Waals surface area contributed by atoms with Crippen molar-refractivity contribution in [2.45, 2.75) is 13.0 Å². The summed E-state index contributed by atoms with van der Waals surface area (Å²) < 4.78 is 5.01. The molecule has 1 atom stereocenters. The first kappa shape index (κ1) is 14.7. The SMILES string of the molecule is COCC(C)N(C)C(=O)c1cc(Cl)nc(NN)c1. The van der Waals surface area contributed by atoms with Gasteiger partial charge in [-0.3, -0.25) is 4.79 Å². The van der Waals surface area contributed by atoms with Crippen LogP contribution in [0.4, 0.5) is 5.82 Å². The van der Waals surface area contributed by atoms with E-state index in [1.54, 1.807) is 25.1 Å². The summed E-state index contributed by atoms with van der Waals surface area (Å²) >= 11 is 5.82. The molecule has 1 unspecified atom stereocenters. The highest BCUT2D eigenvalue weighted by Gasteiger charge is 2.18. The van der Waals surface area contributed by atoms with Crippen LogP contribution in [0.25, 0.3) is 0 Å². The molecule has 1 rings (SSSR count). The number of aromatic nitrogens is 1. The van der Waals surface area contributed by atoms with Crippen LogP contribution in [0.3, 0.4) is 0 Å². The van der Waals surface area contributed by atoms with Crippen molar-refractivity contribution < 1.29 is 9.53 Å². The zero-order valence-corrected chi connectivity index (χ0v) is 11.4. The first-order valence-corrected chi connectivity index (χ1v) is 5.77. The number of pyridine rings is 1. The number of likely N-dealkylation sites (N-methyl/N-ethyl adjacent to an activating group) is 1. The number of nitrogen functional groups attached to an aromatic ring is 1. The number of hydrogen-bond donors (Lipinski definition) is 2. The molecule has 0 saturated heterocycles. The second kappa shape index (κ2) is 6.53. The molecule has 18 heavy (non-hydrogen) atoms. The highest BCUT2D eigenvalue weighted by atomic mass is 35.5. The Kier molecular flexibility index (Phi) is 5.33. The molecule has 0 fully saturated rings. The lowest BCUT2D eigenvalue weighted by Crippen LogP contribution is -2.37. The molecule has 6 nitrogen and oxygen atoms in total. The van der Waals surface area contributed by atoms with E-state index < -0.39 is 0 Å². The first-order chi connectivity index (χ1) is 8.49. The van der Waals surface area contributed by atoms with Crippen molar-refractivity contribution in [3.63, 3.8) is 0 Å². The summed E-state index contributed by atoms with van der Waals surface area (Å²) in [7, 11) is 3.30. The predicted molar refractivity (Wildman–Crippen MR) is 70.5 cm³/mol. The van der Waals surface area contributed by atoms with E-state index in [0.717, 1.165) is 0 Å². The van der Waals surface area contributed by atoms with Crippen LogP contribution < -0.4 is 11.3 Å². The highest BCUT2D eigenvalue weighted by molar-refractivity contribution is 6.29. The van der Waals surface area contributed by atoms with Crippen LogP contribution >= 0.6 is 11.6 Å². The molecular weight excluding hydrogens is 256 g/mol. The summed E-state index contributed by atoms with van der Waals surface area (Å²) in [4.78, 5) is 17.7. The second-order valence-electron chi connectivity index (χ2n) is 3.93. The van der Waals surface area contributed by atoms with Gasteiger partial charge in [0.05, 0.1) is 12.6 Å². The Labute approximate surface area is 111 Å². The molecule has 0 aliphatic rings. The van der Waals surface area contributed by atoms with Crippen molar-refractivity contribution in [3.8, 4) is 0 Å². The zero-order valence-electron chi connectivity index (χ0n) is 10.6. The number of nitrogens with one attached hydrogen (secondary N) is 1.